The summed E-state index contributed by atoms with van der Waals surface area (Å²) in [4.78, 5) is 8.58. The first kappa shape index (κ1) is 10.7. The number of hydrogen-bond acceptors (Lipinski definition) is 5. The first-order valence-electron chi connectivity index (χ1n) is 5.51. The maximum atomic E-state index is 8.45. The molecule has 5 heteroatoms. The number of aryl methyl sites for hydroxylation is 1. The molecule has 0 aliphatic heterocycles. The molecule has 1 heterocycles. The molecule has 2 N–H and O–H groups in total. The zero-order chi connectivity index (χ0) is 11.4. The Morgan fingerprint density at radius 1 is 1.44 bits per heavy atom. The van der Waals surface area contributed by atoms with Gasteiger partial charge in [0.1, 0.15) is 17.5 Å². The third-order valence-corrected chi connectivity index (χ3v) is 2.31. The van der Waals surface area contributed by atoms with E-state index in [1.54, 1.807) is 0 Å². The van der Waals surface area contributed by atoms with Crippen molar-refractivity contribution in [3.8, 4) is 6.07 Å². The van der Waals surface area contributed by atoms with Gasteiger partial charge in [0.25, 0.3) is 0 Å². The predicted molar refractivity (Wildman–Crippen MR) is 62.1 cm³/mol. The second-order valence-electron chi connectivity index (χ2n) is 3.94. The van der Waals surface area contributed by atoms with Crippen LogP contribution in [0, 0.1) is 18.3 Å². The Bertz CT molecular complexity index is 405. The summed E-state index contributed by atoms with van der Waals surface area (Å²) >= 11 is 0. The summed E-state index contributed by atoms with van der Waals surface area (Å²) in [5.74, 6) is 2.39. The molecule has 1 fully saturated rings. The molecule has 0 amide bonds. The number of hydrogen-bond donors (Lipinski definition) is 2. The minimum Gasteiger partial charge on any atom is -0.369 e. The van der Waals surface area contributed by atoms with E-state index in [0.717, 1.165) is 17.5 Å². The highest BCUT2D eigenvalue weighted by molar-refractivity contribution is 5.48. The lowest BCUT2D eigenvalue weighted by molar-refractivity contribution is 0.994. The predicted octanol–water partition coefficient (Wildman–Crippen LogP) is 1.68. The molecule has 1 aliphatic rings. The van der Waals surface area contributed by atoms with Gasteiger partial charge in [-0.2, -0.15) is 5.26 Å². The SMILES string of the molecule is Cc1nc(NCCC#N)cc(NC2CC2)n1. The average molecular weight is 217 g/mol. The number of nitriles is 1. The van der Waals surface area contributed by atoms with Gasteiger partial charge < -0.3 is 10.6 Å². The van der Waals surface area contributed by atoms with Gasteiger partial charge in [-0.1, -0.05) is 0 Å². The van der Waals surface area contributed by atoms with Gasteiger partial charge in [0.15, 0.2) is 0 Å². The van der Waals surface area contributed by atoms with E-state index in [2.05, 4.69) is 26.7 Å². The molecular formula is C11H15N5. The largest absolute Gasteiger partial charge is 0.369 e. The van der Waals surface area contributed by atoms with E-state index in [1.165, 1.54) is 12.8 Å². The summed E-state index contributed by atoms with van der Waals surface area (Å²) in [7, 11) is 0. The molecular weight excluding hydrogens is 202 g/mol. The number of rotatable bonds is 5. The molecule has 0 atom stereocenters. The smallest absolute Gasteiger partial charge is 0.132 e. The van der Waals surface area contributed by atoms with Gasteiger partial charge in [-0.3, -0.25) is 0 Å². The summed E-state index contributed by atoms with van der Waals surface area (Å²) in [6.45, 7) is 2.49. The van der Waals surface area contributed by atoms with Crippen molar-refractivity contribution in [2.24, 2.45) is 0 Å². The van der Waals surface area contributed by atoms with Crippen molar-refractivity contribution >= 4 is 11.6 Å². The summed E-state index contributed by atoms with van der Waals surface area (Å²) in [6.07, 6.45) is 2.93. The summed E-state index contributed by atoms with van der Waals surface area (Å²) in [5, 5.41) is 14.9. The number of aromatic nitrogens is 2. The molecule has 0 saturated heterocycles. The quantitative estimate of drug-likeness (QED) is 0.734. The Morgan fingerprint density at radius 2 is 2.19 bits per heavy atom. The van der Waals surface area contributed by atoms with Crippen LogP contribution in [0.4, 0.5) is 11.6 Å². The van der Waals surface area contributed by atoms with Gasteiger partial charge in [-0.15, -0.1) is 0 Å². The fourth-order valence-corrected chi connectivity index (χ4v) is 1.42. The van der Waals surface area contributed by atoms with Gasteiger partial charge in [-0.05, 0) is 19.8 Å². The van der Waals surface area contributed by atoms with Crippen molar-refractivity contribution in [3.05, 3.63) is 11.9 Å². The fraction of sp³-hybridized carbons (Fsp3) is 0.545. The van der Waals surface area contributed by atoms with E-state index in [4.69, 9.17) is 5.26 Å². The molecule has 0 radical (unpaired) electrons. The molecule has 0 spiro atoms. The second kappa shape index (κ2) is 4.79. The van der Waals surface area contributed by atoms with E-state index >= 15 is 0 Å². The molecule has 1 saturated carbocycles. The normalized spacial score (nSPS) is 14.2. The molecule has 2 rings (SSSR count). The Morgan fingerprint density at radius 3 is 2.88 bits per heavy atom. The standard InChI is InChI=1S/C11H15N5/c1-8-14-10(13-6-2-5-12)7-11(15-8)16-9-3-4-9/h7,9H,2-4,6H2,1H3,(H2,13,14,15,16). The van der Waals surface area contributed by atoms with Crippen LogP contribution in [0.15, 0.2) is 6.07 Å². The number of anilines is 2. The minimum absolute atomic E-state index is 0.481. The van der Waals surface area contributed by atoms with E-state index in [9.17, 15) is 0 Å². The Labute approximate surface area is 94.9 Å². The van der Waals surface area contributed by atoms with Crippen molar-refractivity contribution in [1.29, 1.82) is 5.26 Å². The lowest BCUT2D eigenvalue weighted by Crippen LogP contribution is -2.08. The number of nitrogens with one attached hydrogen (secondary N) is 2. The van der Waals surface area contributed by atoms with Crippen molar-refractivity contribution in [1.82, 2.24) is 9.97 Å². The maximum absolute atomic E-state index is 8.45. The molecule has 1 aromatic rings. The lowest BCUT2D eigenvalue weighted by Gasteiger charge is -2.08. The molecule has 5 nitrogen and oxygen atoms in total. The minimum atomic E-state index is 0.481. The monoisotopic (exact) mass is 217 g/mol. The highest BCUT2D eigenvalue weighted by Gasteiger charge is 2.21. The van der Waals surface area contributed by atoms with Crippen molar-refractivity contribution in [2.75, 3.05) is 17.2 Å². The molecule has 0 aromatic carbocycles. The zero-order valence-corrected chi connectivity index (χ0v) is 9.32. The van der Waals surface area contributed by atoms with Crippen LogP contribution in [0.1, 0.15) is 25.1 Å². The number of nitrogens with zero attached hydrogens (tertiary/aromatic N) is 3. The summed E-state index contributed by atoms with van der Waals surface area (Å²) in [5.41, 5.74) is 0. The Balaban J connectivity index is 1.99. The van der Waals surface area contributed by atoms with Crippen molar-refractivity contribution in [3.63, 3.8) is 0 Å². The van der Waals surface area contributed by atoms with Gasteiger partial charge in [-0.25, -0.2) is 9.97 Å². The van der Waals surface area contributed by atoms with Crippen LogP contribution in [0.2, 0.25) is 0 Å². The maximum Gasteiger partial charge on any atom is 0.132 e. The highest BCUT2D eigenvalue weighted by Crippen LogP contribution is 2.24. The third kappa shape index (κ3) is 3.09. The lowest BCUT2D eigenvalue weighted by atomic mass is 10.4. The van der Waals surface area contributed by atoms with Crippen LogP contribution in [0.5, 0.6) is 0 Å². The van der Waals surface area contributed by atoms with Crippen LogP contribution >= 0.6 is 0 Å². The molecule has 1 aromatic heterocycles. The zero-order valence-electron chi connectivity index (χ0n) is 9.32. The first-order valence-corrected chi connectivity index (χ1v) is 5.51. The van der Waals surface area contributed by atoms with Crippen LogP contribution in [0.3, 0.4) is 0 Å². The molecule has 0 unspecified atom stereocenters. The van der Waals surface area contributed by atoms with Crippen LogP contribution in [-0.4, -0.2) is 22.6 Å². The van der Waals surface area contributed by atoms with Crippen LogP contribution < -0.4 is 10.6 Å². The molecule has 84 valence electrons. The van der Waals surface area contributed by atoms with Gasteiger partial charge >= 0.3 is 0 Å². The van der Waals surface area contributed by atoms with Gasteiger partial charge in [0, 0.05) is 18.7 Å². The highest BCUT2D eigenvalue weighted by atomic mass is 15.1. The van der Waals surface area contributed by atoms with E-state index in [1.807, 2.05) is 13.0 Å². The van der Waals surface area contributed by atoms with Gasteiger partial charge in [0.05, 0.1) is 12.5 Å². The molecule has 1 aliphatic carbocycles. The summed E-state index contributed by atoms with van der Waals surface area (Å²) in [6, 6.07) is 4.56. The van der Waals surface area contributed by atoms with Crippen LogP contribution in [0.25, 0.3) is 0 Å². The molecule has 0 bridgehead atoms. The van der Waals surface area contributed by atoms with Crippen molar-refractivity contribution in [2.45, 2.75) is 32.2 Å². The van der Waals surface area contributed by atoms with Crippen LogP contribution in [-0.2, 0) is 0 Å². The topological polar surface area (TPSA) is 73.6 Å². The third-order valence-electron chi connectivity index (χ3n) is 2.31. The van der Waals surface area contributed by atoms with E-state index in [-0.39, 0.29) is 0 Å². The molecule has 16 heavy (non-hydrogen) atoms. The first-order chi connectivity index (χ1) is 7.78. The van der Waals surface area contributed by atoms with E-state index < -0.39 is 0 Å². The van der Waals surface area contributed by atoms with E-state index in [0.29, 0.717) is 19.0 Å². The second-order valence-corrected chi connectivity index (χ2v) is 3.94. The average Bonchev–Trinajstić information content (AvgIpc) is 3.01. The Hall–Kier alpha value is -1.83. The Kier molecular flexibility index (Phi) is 3.20. The fourth-order valence-electron chi connectivity index (χ4n) is 1.42. The van der Waals surface area contributed by atoms with Crippen molar-refractivity contribution < 1.29 is 0 Å². The summed E-state index contributed by atoms with van der Waals surface area (Å²) < 4.78 is 0. The van der Waals surface area contributed by atoms with Gasteiger partial charge in [0.2, 0.25) is 0 Å².